The van der Waals surface area contributed by atoms with Gasteiger partial charge >= 0.3 is 0 Å². The van der Waals surface area contributed by atoms with E-state index in [1.54, 1.807) is 0 Å². The Kier molecular flexibility index (Phi) is 4.48. The third-order valence-corrected chi connectivity index (χ3v) is 5.77. The molecule has 0 saturated heterocycles. The van der Waals surface area contributed by atoms with Crippen LogP contribution in [0.4, 0.5) is 5.69 Å². The fourth-order valence-electron chi connectivity index (χ4n) is 3.07. The van der Waals surface area contributed by atoms with Crippen molar-refractivity contribution in [2.45, 2.75) is 43.8 Å². The molecule has 122 valence electrons. The van der Waals surface area contributed by atoms with E-state index in [1.165, 1.54) is 4.90 Å². The monoisotopic (exact) mass is 329 g/mol. The number of amides is 1. The number of thioether (sulfide) groups is 1. The largest absolute Gasteiger partial charge is 0.311 e. The standard InChI is InChI=1S/C18H23N3OS/c1-12-9-10-21(16-7-5-6-8-17(16)23-12)18(22)11-15-13(2)19-20(4)14(15)3/h5-8,12H,9-11H2,1-4H3/t12-/m0/s1. The van der Waals surface area contributed by atoms with Gasteiger partial charge in [0.25, 0.3) is 0 Å². The highest BCUT2D eigenvalue weighted by Gasteiger charge is 2.25. The summed E-state index contributed by atoms with van der Waals surface area (Å²) >= 11 is 1.86. The second-order valence-corrected chi connectivity index (χ2v) is 7.66. The lowest BCUT2D eigenvalue weighted by Gasteiger charge is -2.22. The van der Waals surface area contributed by atoms with Crippen LogP contribution in [-0.2, 0) is 18.3 Å². The molecule has 2 aromatic rings. The van der Waals surface area contributed by atoms with Gasteiger partial charge in [-0.25, -0.2) is 0 Å². The van der Waals surface area contributed by atoms with Crippen molar-refractivity contribution in [1.82, 2.24) is 9.78 Å². The molecule has 0 spiro atoms. The summed E-state index contributed by atoms with van der Waals surface area (Å²) in [5, 5.41) is 4.95. The van der Waals surface area contributed by atoms with E-state index in [1.807, 2.05) is 54.4 Å². The number of fused-ring (bicyclic) bond motifs is 1. The van der Waals surface area contributed by atoms with Crippen LogP contribution in [0.2, 0.25) is 0 Å². The predicted octanol–water partition coefficient (Wildman–Crippen LogP) is 3.50. The maximum Gasteiger partial charge on any atom is 0.231 e. The average molecular weight is 329 g/mol. The zero-order valence-corrected chi connectivity index (χ0v) is 15.0. The Morgan fingerprint density at radius 3 is 2.78 bits per heavy atom. The van der Waals surface area contributed by atoms with Crippen molar-refractivity contribution in [2.75, 3.05) is 11.4 Å². The summed E-state index contributed by atoms with van der Waals surface area (Å²) in [6.07, 6.45) is 1.43. The second-order valence-electron chi connectivity index (χ2n) is 6.18. The Balaban J connectivity index is 1.90. The third kappa shape index (κ3) is 3.15. The Morgan fingerprint density at radius 2 is 2.09 bits per heavy atom. The first-order chi connectivity index (χ1) is 11.0. The van der Waals surface area contributed by atoms with Crippen LogP contribution in [0.1, 0.15) is 30.3 Å². The van der Waals surface area contributed by atoms with Gasteiger partial charge in [0, 0.05) is 35.0 Å². The zero-order chi connectivity index (χ0) is 16.6. The second kappa shape index (κ2) is 6.40. The lowest BCUT2D eigenvalue weighted by atomic mass is 10.1. The molecule has 0 unspecified atom stereocenters. The molecule has 0 radical (unpaired) electrons. The van der Waals surface area contributed by atoms with E-state index in [-0.39, 0.29) is 5.91 Å². The molecule has 1 amide bonds. The van der Waals surface area contributed by atoms with Crippen LogP contribution in [-0.4, -0.2) is 27.5 Å². The molecule has 1 aromatic carbocycles. The van der Waals surface area contributed by atoms with Gasteiger partial charge in [-0.2, -0.15) is 5.10 Å². The van der Waals surface area contributed by atoms with Crippen LogP contribution in [0.3, 0.4) is 0 Å². The van der Waals surface area contributed by atoms with Crippen molar-refractivity contribution < 1.29 is 4.79 Å². The van der Waals surface area contributed by atoms with Crippen molar-refractivity contribution in [3.63, 3.8) is 0 Å². The summed E-state index contributed by atoms with van der Waals surface area (Å²) < 4.78 is 1.85. The molecule has 0 N–H and O–H groups in total. The van der Waals surface area contributed by atoms with Gasteiger partial charge in [-0.05, 0) is 32.4 Å². The van der Waals surface area contributed by atoms with E-state index in [0.29, 0.717) is 11.7 Å². The Bertz CT molecular complexity index is 738. The van der Waals surface area contributed by atoms with Crippen LogP contribution in [0.15, 0.2) is 29.2 Å². The lowest BCUT2D eigenvalue weighted by molar-refractivity contribution is -0.118. The van der Waals surface area contributed by atoms with Gasteiger partial charge in [0.05, 0.1) is 17.8 Å². The number of benzene rings is 1. The van der Waals surface area contributed by atoms with Gasteiger partial charge in [0.15, 0.2) is 0 Å². The van der Waals surface area contributed by atoms with Gasteiger partial charge in [0.1, 0.15) is 0 Å². The van der Waals surface area contributed by atoms with E-state index in [4.69, 9.17) is 0 Å². The molecule has 0 fully saturated rings. The van der Waals surface area contributed by atoms with Crippen LogP contribution in [0.25, 0.3) is 0 Å². The third-order valence-electron chi connectivity index (χ3n) is 4.53. The van der Waals surface area contributed by atoms with Crippen molar-refractivity contribution >= 4 is 23.4 Å². The smallest absolute Gasteiger partial charge is 0.231 e. The molecule has 5 heteroatoms. The number of carbonyl (C=O) groups excluding carboxylic acids is 1. The van der Waals surface area contributed by atoms with Crippen molar-refractivity contribution in [2.24, 2.45) is 7.05 Å². The SMILES string of the molecule is Cc1nn(C)c(C)c1CC(=O)N1CC[C@H](C)Sc2ccccc21. The van der Waals surface area contributed by atoms with Gasteiger partial charge < -0.3 is 4.90 Å². The summed E-state index contributed by atoms with van der Waals surface area (Å²) in [4.78, 5) is 16.1. The number of hydrogen-bond acceptors (Lipinski definition) is 3. The van der Waals surface area contributed by atoms with Crippen LogP contribution < -0.4 is 4.90 Å². The predicted molar refractivity (Wildman–Crippen MR) is 95.1 cm³/mol. The van der Waals surface area contributed by atoms with E-state index in [2.05, 4.69) is 24.2 Å². The number of hydrogen-bond donors (Lipinski definition) is 0. The Hall–Kier alpha value is -1.75. The molecule has 23 heavy (non-hydrogen) atoms. The molecular weight excluding hydrogens is 306 g/mol. The van der Waals surface area contributed by atoms with Crippen LogP contribution >= 0.6 is 11.8 Å². The molecule has 1 atom stereocenters. The average Bonchev–Trinajstić information content (AvgIpc) is 2.68. The quantitative estimate of drug-likeness (QED) is 0.846. The fourth-order valence-corrected chi connectivity index (χ4v) is 4.18. The Labute approximate surface area is 141 Å². The fraction of sp³-hybridized carbons (Fsp3) is 0.444. The maximum atomic E-state index is 13.0. The molecule has 1 aliphatic rings. The van der Waals surface area contributed by atoms with E-state index in [0.717, 1.165) is 35.6 Å². The minimum Gasteiger partial charge on any atom is -0.311 e. The van der Waals surface area contributed by atoms with E-state index < -0.39 is 0 Å². The number of carbonyl (C=O) groups is 1. The molecule has 1 aliphatic heterocycles. The first-order valence-corrected chi connectivity index (χ1v) is 8.90. The number of aryl methyl sites for hydroxylation is 2. The molecule has 4 nitrogen and oxygen atoms in total. The number of para-hydroxylation sites is 1. The van der Waals surface area contributed by atoms with E-state index >= 15 is 0 Å². The summed E-state index contributed by atoms with van der Waals surface area (Å²) in [5.41, 5.74) is 4.12. The molecule has 0 bridgehead atoms. The summed E-state index contributed by atoms with van der Waals surface area (Å²) in [7, 11) is 1.93. The maximum absolute atomic E-state index is 13.0. The minimum absolute atomic E-state index is 0.159. The normalized spacial score (nSPS) is 17.7. The van der Waals surface area contributed by atoms with Crippen LogP contribution in [0.5, 0.6) is 0 Å². The molecule has 2 heterocycles. The number of aromatic nitrogens is 2. The minimum atomic E-state index is 0.159. The first-order valence-electron chi connectivity index (χ1n) is 8.02. The number of anilines is 1. The number of nitrogens with zero attached hydrogens (tertiary/aromatic N) is 3. The topological polar surface area (TPSA) is 38.1 Å². The molecular formula is C18H23N3OS. The van der Waals surface area contributed by atoms with Crippen molar-refractivity contribution in [3.8, 4) is 0 Å². The molecule has 3 rings (SSSR count). The van der Waals surface area contributed by atoms with Crippen molar-refractivity contribution in [3.05, 3.63) is 41.2 Å². The summed E-state index contributed by atoms with van der Waals surface area (Å²) in [6.45, 7) is 7.01. The Morgan fingerprint density at radius 1 is 1.35 bits per heavy atom. The molecule has 0 aliphatic carbocycles. The van der Waals surface area contributed by atoms with Crippen molar-refractivity contribution in [1.29, 1.82) is 0 Å². The highest BCUT2D eigenvalue weighted by Crippen LogP contribution is 2.37. The zero-order valence-electron chi connectivity index (χ0n) is 14.2. The van der Waals surface area contributed by atoms with Gasteiger partial charge in [-0.3, -0.25) is 9.48 Å². The summed E-state index contributed by atoms with van der Waals surface area (Å²) in [5.74, 6) is 0.159. The summed E-state index contributed by atoms with van der Waals surface area (Å²) in [6, 6.07) is 8.22. The molecule has 0 saturated carbocycles. The van der Waals surface area contributed by atoms with Gasteiger partial charge in [-0.1, -0.05) is 19.1 Å². The van der Waals surface area contributed by atoms with Crippen LogP contribution in [0, 0.1) is 13.8 Å². The number of rotatable bonds is 2. The molecule has 1 aromatic heterocycles. The lowest BCUT2D eigenvalue weighted by Crippen LogP contribution is -2.33. The van der Waals surface area contributed by atoms with E-state index in [9.17, 15) is 4.79 Å². The highest BCUT2D eigenvalue weighted by molar-refractivity contribution is 8.00. The van der Waals surface area contributed by atoms with Gasteiger partial charge in [-0.15, -0.1) is 11.8 Å². The first kappa shape index (κ1) is 16.1. The highest BCUT2D eigenvalue weighted by atomic mass is 32.2. The van der Waals surface area contributed by atoms with Gasteiger partial charge in [0.2, 0.25) is 5.91 Å².